The number of nitrogens with one attached hydrogen (secondary N) is 3. The highest BCUT2D eigenvalue weighted by Crippen LogP contribution is 2.18. The lowest BCUT2D eigenvalue weighted by Crippen LogP contribution is -2.44. The van der Waals surface area contributed by atoms with Crippen molar-refractivity contribution in [3.05, 3.63) is 65.0 Å². The van der Waals surface area contributed by atoms with Gasteiger partial charge in [-0.15, -0.1) is 0 Å². The van der Waals surface area contributed by atoms with Crippen LogP contribution in [0.1, 0.15) is 16.7 Å². The number of carbonyl (C=O) groups is 1. The van der Waals surface area contributed by atoms with Crippen molar-refractivity contribution >= 4 is 21.6 Å². The monoisotopic (exact) mass is 419 g/mol. The second-order valence-electron chi connectivity index (χ2n) is 5.98. The van der Waals surface area contributed by atoms with E-state index in [0.29, 0.717) is 16.8 Å². The fourth-order valence-corrected chi connectivity index (χ4v) is 2.83. The number of benzene rings is 2. The van der Waals surface area contributed by atoms with Crippen LogP contribution in [0.4, 0.5) is 23.2 Å². The van der Waals surface area contributed by atoms with Crippen molar-refractivity contribution in [1.29, 1.82) is 0 Å². The van der Waals surface area contributed by atoms with Gasteiger partial charge in [0.2, 0.25) is 10.0 Å². The van der Waals surface area contributed by atoms with Crippen LogP contribution in [0.15, 0.2) is 42.5 Å². The maximum Gasteiger partial charge on any atom is 0.472 e. The number of hydrogen-bond donors (Lipinski definition) is 3. The van der Waals surface area contributed by atoms with Gasteiger partial charge < -0.3 is 0 Å². The summed E-state index contributed by atoms with van der Waals surface area (Å²) >= 11 is 0. The molecule has 11 heteroatoms. The molecule has 152 valence electrons. The third kappa shape index (κ3) is 6.82. The lowest BCUT2D eigenvalue weighted by molar-refractivity contribution is -0.174. The fourth-order valence-electron chi connectivity index (χ4n) is 2.27. The van der Waals surface area contributed by atoms with Gasteiger partial charge in [-0.05, 0) is 34.9 Å². The van der Waals surface area contributed by atoms with Crippen LogP contribution in [0.3, 0.4) is 0 Å². The number of alkyl halides is 3. The summed E-state index contributed by atoms with van der Waals surface area (Å²) in [5, 5.41) is 0. The molecule has 0 unspecified atom stereocenters. The summed E-state index contributed by atoms with van der Waals surface area (Å²) in [5.41, 5.74) is 5.39. The molecule has 2 rings (SSSR count). The van der Waals surface area contributed by atoms with Crippen LogP contribution >= 0.6 is 0 Å². The molecule has 2 aromatic carbocycles. The van der Waals surface area contributed by atoms with E-state index >= 15 is 0 Å². The van der Waals surface area contributed by atoms with Gasteiger partial charge in [0.05, 0.1) is 6.26 Å². The maximum atomic E-state index is 14.2. The molecule has 0 saturated carbocycles. The molecule has 6 nitrogen and oxygen atoms in total. The molecule has 0 spiro atoms. The number of anilines is 1. The number of sulfonamides is 1. The molecule has 1 amide bonds. The van der Waals surface area contributed by atoms with E-state index in [4.69, 9.17) is 0 Å². The van der Waals surface area contributed by atoms with Gasteiger partial charge in [0, 0.05) is 18.7 Å². The topological polar surface area (TPSA) is 87.3 Å². The van der Waals surface area contributed by atoms with Gasteiger partial charge in [-0.1, -0.05) is 24.3 Å². The lowest BCUT2D eigenvalue weighted by Gasteiger charge is -2.11. The molecule has 0 aromatic heterocycles. The molecular formula is C17H17F4N3O3S. The highest BCUT2D eigenvalue weighted by molar-refractivity contribution is 7.92. The van der Waals surface area contributed by atoms with Gasteiger partial charge in [-0.3, -0.25) is 14.9 Å². The minimum absolute atomic E-state index is 0.190. The molecule has 0 fully saturated rings. The molecule has 0 aliphatic carbocycles. The second kappa shape index (κ2) is 8.57. The molecule has 0 aliphatic heterocycles. The Balaban J connectivity index is 1.96. The molecule has 0 heterocycles. The molecule has 0 aliphatic rings. The zero-order valence-electron chi connectivity index (χ0n) is 14.6. The third-order valence-corrected chi connectivity index (χ3v) is 4.13. The van der Waals surface area contributed by atoms with Gasteiger partial charge in [0.1, 0.15) is 5.82 Å². The Morgan fingerprint density at radius 1 is 1.04 bits per heavy atom. The van der Waals surface area contributed by atoms with E-state index in [9.17, 15) is 30.8 Å². The van der Waals surface area contributed by atoms with Gasteiger partial charge in [0.15, 0.2) is 0 Å². The highest BCUT2D eigenvalue weighted by atomic mass is 32.2. The Labute approximate surface area is 159 Å². The van der Waals surface area contributed by atoms with E-state index in [0.717, 1.165) is 17.9 Å². The number of rotatable bonds is 7. The van der Waals surface area contributed by atoms with E-state index < -0.39 is 27.9 Å². The van der Waals surface area contributed by atoms with Crippen molar-refractivity contribution in [3.63, 3.8) is 0 Å². The zero-order chi connectivity index (χ0) is 20.9. The SMILES string of the molecule is CS(=O)(=O)Nc1ccc(Cc2ccc(CNNC(=O)C(F)(F)F)cc2F)cc1. The Hall–Kier alpha value is -2.66. The molecule has 0 bridgehead atoms. The quantitative estimate of drug-likeness (QED) is 0.475. The van der Waals surface area contributed by atoms with E-state index in [2.05, 4.69) is 10.1 Å². The second-order valence-corrected chi connectivity index (χ2v) is 7.73. The first-order valence-corrected chi connectivity index (χ1v) is 9.77. The van der Waals surface area contributed by atoms with Gasteiger partial charge in [-0.25, -0.2) is 18.2 Å². The van der Waals surface area contributed by atoms with Crippen LogP contribution in [0, 0.1) is 5.82 Å². The Morgan fingerprint density at radius 3 is 2.18 bits per heavy atom. The van der Waals surface area contributed by atoms with E-state index in [1.165, 1.54) is 17.6 Å². The molecule has 0 saturated heterocycles. The maximum absolute atomic E-state index is 14.2. The predicted octanol–water partition coefficient (Wildman–Crippen LogP) is 2.47. The van der Waals surface area contributed by atoms with Gasteiger partial charge in [0.25, 0.3) is 0 Å². The fraction of sp³-hybridized carbons (Fsp3) is 0.235. The molecule has 2 aromatic rings. The van der Waals surface area contributed by atoms with Crippen LogP contribution in [0.5, 0.6) is 0 Å². The van der Waals surface area contributed by atoms with Gasteiger partial charge in [-0.2, -0.15) is 13.2 Å². The first-order valence-electron chi connectivity index (χ1n) is 7.88. The summed E-state index contributed by atoms with van der Waals surface area (Å²) in [6.07, 6.45) is -3.74. The van der Waals surface area contributed by atoms with E-state index in [1.807, 2.05) is 0 Å². The molecular weight excluding hydrogens is 402 g/mol. The summed E-state index contributed by atoms with van der Waals surface area (Å²) in [5.74, 6) is -2.70. The minimum atomic E-state index is -5.01. The first-order chi connectivity index (χ1) is 12.9. The number of halogens is 4. The predicted molar refractivity (Wildman–Crippen MR) is 95.2 cm³/mol. The van der Waals surface area contributed by atoms with Crippen LogP contribution in [0.25, 0.3) is 0 Å². The van der Waals surface area contributed by atoms with Crippen molar-refractivity contribution in [2.45, 2.75) is 19.1 Å². The number of hydrazine groups is 1. The summed E-state index contributed by atoms with van der Waals surface area (Å²) in [6, 6.07) is 10.6. The standard InChI is InChI=1S/C17H17F4N3O3S/c1-28(26,27)24-14-6-3-11(4-7-14)8-13-5-2-12(9-15(13)18)10-22-23-16(25)17(19,20)21/h2-7,9,22,24H,8,10H2,1H3,(H,23,25). The largest absolute Gasteiger partial charge is 0.472 e. The van der Waals surface area contributed by atoms with Crippen molar-refractivity contribution in [1.82, 2.24) is 10.9 Å². The molecule has 0 radical (unpaired) electrons. The number of carbonyl (C=O) groups excluding carboxylic acids is 1. The Bertz CT molecular complexity index is 945. The number of hydrogen-bond acceptors (Lipinski definition) is 4. The summed E-state index contributed by atoms with van der Waals surface area (Å²) in [7, 11) is -3.39. The van der Waals surface area contributed by atoms with Crippen LogP contribution < -0.4 is 15.6 Å². The zero-order valence-corrected chi connectivity index (χ0v) is 15.4. The van der Waals surface area contributed by atoms with Crippen LogP contribution in [-0.2, 0) is 27.8 Å². The van der Waals surface area contributed by atoms with E-state index in [-0.39, 0.29) is 13.0 Å². The minimum Gasteiger partial charge on any atom is -0.284 e. The summed E-state index contributed by atoms with van der Waals surface area (Å²) in [4.78, 5) is 10.7. The van der Waals surface area contributed by atoms with Crippen molar-refractivity contribution < 1.29 is 30.8 Å². The normalized spacial score (nSPS) is 11.9. The molecule has 0 atom stereocenters. The van der Waals surface area contributed by atoms with Crippen LogP contribution in [-0.4, -0.2) is 26.8 Å². The third-order valence-electron chi connectivity index (χ3n) is 3.52. The molecule has 3 N–H and O–H groups in total. The van der Waals surface area contributed by atoms with E-state index in [1.54, 1.807) is 24.3 Å². The Morgan fingerprint density at radius 2 is 1.64 bits per heavy atom. The average Bonchev–Trinajstić information content (AvgIpc) is 2.56. The Kier molecular flexibility index (Phi) is 6.62. The highest BCUT2D eigenvalue weighted by Gasteiger charge is 2.38. The van der Waals surface area contributed by atoms with Crippen molar-refractivity contribution in [3.8, 4) is 0 Å². The van der Waals surface area contributed by atoms with Crippen molar-refractivity contribution in [2.75, 3.05) is 11.0 Å². The van der Waals surface area contributed by atoms with Crippen molar-refractivity contribution in [2.24, 2.45) is 0 Å². The summed E-state index contributed by atoms with van der Waals surface area (Å²) in [6.45, 7) is -0.190. The first kappa shape index (κ1) is 21.6. The number of amides is 1. The molecule has 28 heavy (non-hydrogen) atoms. The smallest absolute Gasteiger partial charge is 0.284 e. The lowest BCUT2D eigenvalue weighted by atomic mass is 10.0. The summed E-state index contributed by atoms with van der Waals surface area (Å²) < 4.78 is 75.1. The van der Waals surface area contributed by atoms with Crippen LogP contribution in [0.2, 0.25) is 0 Å². The van der Waals surface area contributed by atoms with Gasteiger partial charge >= 0.3 is 12.1 Å². The average molecular weight is 419 g/mol.